The zero-order valence-electron chi connectivity index (χ0n) is 14.6. The van der Waals surface area contributed by atoms with E-state index in [1.807, 2.05) is 79.8 Å². The van der Waals surface area contributed by atoms with Crippen LogP contribution < -0.4 is 0 Å². The number of nitrogens with one attached hydrogen (secondary N) is 1. The number of nitrogens with zero attached hydrogens (tertiary/aromatic N) is 1. The van der Waals surface area contributed by atoms with E-state index in [0.717, 1.165) is 21.8 Å². The third kappa shape index (κ3) is 4.42. The Morgan fingerprint density at radius 2 is 1.77 bits per heavy atom. The summed E-state index contributed by atoms with van der Waals surface area (Å²) < 4.78 is 26.6. The molecule has 1 aromatic heterocycles. The van der Waals surface area contributed by atoms with Crippen molar-refractivity contribution >= 4 is 25.6 Å². The van der Waals surface area contributed by atoms with Crippen LogP contribution in [0.4, 0.5) is 8.63 Å². The molecule has 2 aromatic rings. The van der Waals surface area contributed by atoms with E-state index in [1.165, 1.54) is 0 Å². The SMILES string of the molecule is CCC1C=C/C(=C/c2ccc(/C=C/C=C/c3ccccc3)[nH]2)N1B(F)F. The highest BCUT2D eigenvalue weighted by Gasteiger charge is 2.34. The maximum atomic E-state index is 13.3. The predicted molar refractivity (Wildman–Crippen MR) is 106 cm³/mol. The third-order valence-electron chi connectivity index (χ3n) is 4.28. The highest BCUT2D eigenvalue weighted by Crippen LogP contribution is 2.26. The number of hydrogen-bond donors (Lipinski definition) is 1. The van der Waals surface area contributed by atoms with E-state index in [1.54, 1.807) is 12.2 Å². The lowest BCUT2D eigenvalue weighted by Crippen LogP contribution is -2.36. The Kier molecular flexibility index (Phi) is 5.90. The quantitative estimate of drug-likeness (QED) is 0.526. The highest BCUT2D eigenvalue weighted by atomic mass is 19.2. The summed E-state index contributed by atoms with van der Waals surface area (Å²) in [5.41, 5.74) is 3.40. The normalized spacial score (nSPS) is 18.7. The van der Waals surface area contributed by atoms with Gasteiger partial charge in [0, 0.05) is 23.1 Å². The van der Waals surface area contributed by atoms with Gasteiger partial charge in [-0.05, 0) is 42.3 Å². The largest absolute Gasteiger partial charge is 0.673 e. The van der Waals surface area contributed by atoms with Crippen LogP contribution in [-0.2, 0) is 0 Å². The molecule has 132 valence electrons. The van der Waals surface area contributed by atoms with E-state index in [4.69, 9.17) is 0 Å². The number of halogens is 2. The van der Waals surface area contributed by atoms with E-state index in [0.29, 0.717) is 12.1 Å². The van der Waals surface area contributed by atoms with Crippen molar-refractivity contribution in [3.05, 3.63) is 89.4 Å². The first-order valence-electron chi connectivity index (χ1n) is 8.72. The molecule has 1 atom stereocenters. The lowest BCUT2D eigenvalue weighted by atomic mass is 10.1. The molecule has 1 aliphatic rings. The fourth-order valence-electron chi connectivity index (χ4n) is 2.95. The monoisotopic (exact) mass is 350 g/mol. The van der Waals surface area contributed by atoms with Gasteiger partial charge >= 0.3 is 7.40 Å². The zero-order chi connectivity index (χ0) is 18.4. The van der Waals surface area contributed by atoms with E-state index in [2.05, 4.69) is 4.98 Å². The van der Waals surface area contributed by atoms with Gasteiger partial charge in [-0.25, -0.2) is 0 Å². The number of H-pyrrole nitrogens is 1. The van der Waals surface area contributed by atoms with Crippen molar-refractivity contribution in [2.45, 2.75) is 19.4 Å². The molecule has 0 fully saturated rings. The van der Waals surface area contributed by atoms with Gasteiger partial charge in [0.25, 0.3) is 0 Å². The molecule has 0 saturated carbocycles. The van der Waals surface area contributed by atoms with Gasteiger partial charge in [0.05, 0.1) is 0 Å². The van der Waals surface area contributed by atoms with Crippen molar-refractivity contribution in [2.24, 2.45) is 0 Å². The number of benzene rings is 1. The van der Waals surface area contributed by atoms with Crippen LogP contribution in [0.25, 0.3) is 18.2 Å². The Bertz CT molecular complexity index is 835. The summed E-state index contributed by atoms with van der Waals surface area (Å²) in [6.45, 7) is 1.91. The Morgan fingerprint density at radius 3 is 2.50 bits per heavy atom. The van der Waals surface area contributed by atoms with E-state index >= 15 is 0 Å². The molecule has 1 aromatic carbocycles. The van der Waals surface area contributed by atoms with Crippen molar-refractivity contribution in [3.63, 3.8) is 0 Å². The lowest BCUT2D eigenvalue weighted by molar-refractivity contribution is 0.393. The number of aromatic amines is 1. The lowest BCUT2D eigenvalue weighted by Gasteiger charge is -2.24. The minimum atomic E-state index is -2.50. The third-order valence-corrected chi connectivity index (χ3v) is 4.28. The van der Waals surface area contributed by atoms with Gasteiger partial charge in [-0.2, -0.15) is 0 Å². The predicted octanol–water partition coefficient (Wildman–Crippen LogP) is 5.66. The number of hydrogen-bond acceptors (Lipinski definition) is 1. The van der Waals surface area contributed by atoms with E-state index in [9.17, 15) is 8.63 Å². The van der Waals surface area contributed by atoms with E-state index < -0.39 is 7.40 Å². The second-order valence-corrected chi connectivity index (χ2v) is 6.09. The van der Waals surface area contributed by atoms with Gasteiger partial charge in [-0.3, -0.25) is 8.63 Å². The number of rotatable bonds is 6. The average molecular weight is 350 g/mol. The number of allylic oxidation sites excluding steroid dienone is 3. The maximum absolute atomic E-state index is 13.3. The Hall–Kier alpha value is -2.82. The van der Waals surface area contributed by atoms with Gasteiger partial charge in [-0.1, -0.05) is 61.6 Å². The minimum Gasteiger partial charge on any atom is -0.355 e. The molecule has 2 nitrogen and oxygen atoms in total. The molecule has 0 amide bonds. The van der Waals surface area contributed by atoms with Crippen molar-refractivity contribution in [2.75, 3.05) is 0 Å². The Balaban J connectivity index is 1.67. The molecule has 2 heterocycles. The fraction of sp³-hybridized carbons (Fsp3) is 0.143. The molecule has 1 unspecified atom stereocenters. The average Bonchev–Trinajstić information content (AvgIpc) is 3.26. The van der Waals surface area contributed by atoms with Gasteiger partial charge in [0.15, 0.2) is 0 Å². The summed E-state index contributed by atoms with van der Waals surface area (Å²) in [4.78, 5) is 4.38. The molecule has 0 spiro atoms. The van der Waals surface area contributed by atoms with Crippen LogP contribution in [0.1, 0.15) is 30.3 Å². The van der Waals surface area contributed by atoms with Crippen LogP contribution in [0.2, 0.25) is 0 Å². The summed E-state index contributed by atoms with van der Waals surface area (Å²) in [7, 11) is -2.50. The van der Waals surface area contributed by atoms with E-state index in [-0.39, 0.29) is 6.04 Å². The molecule has 1 N–H and O–H groups in total. The van der Waals surface area contributed by atoms with Crippen LogP contribution in [0.3, 0.4) is 0 Å². The van der Waals surface area contributed by atoms with Crippen LogP contribution in [0.5, 0.6) is 0 Å². The molecule has 0 saturated heterocycles. The number of aromatic nitrogens is 1. The van der Waals surface area contributed by atoms with Crippen molar-refractivity contribution in [1.82, 2.24) is 9.79 Å². The van der Waals surface area contributed by atoms with Gasteiger partial charge in [-0.15, -0.1) is 0 Å². The maximum Gasteiger partial charge on any atom is 0.673 e. The molecule has 26 heavy (non-hydrogen) atoms. The molecule has 5 heteroatoms. The summed E-state index contributed by atoms with van der Waals surface area (Å²) in [6, 6.07) is 13.6. The van der Waals surface area contributed by atoms with Crippen LogP contribution in [-0.4, -0.2) is 23.2 Å². The van der Waals surface area contributed by atoms with Crippen LogP contribution in [0.15, 0.2) is 72.5 Å². The molecule has 0 radical (unpaired) electrons. The smallest absolute Gasteiger partial charge is 0.355 e. The zero-order valence-corrected chi connectivity index (χ0v) is 14.6. The minimum absolute atomic E-state index is 0.237. The molecule has 0 bridgehead atoms. The standard InChI is InChI=1S/C21H21BF2N2/c1-2-20-14-15-21(26(20)22(23)24)16-19-13-12-18(25-19)11-7-6-10-17-8-4-3-5-9-17/h3-16,20,25H,2H2,1H3/b10-6+,11-7+,21-16-. The van der Waals surface area contributed by atoms with Crippen LogP contribution >= 0.6 is 0 Å². The first-order chi connectivity index (χ1) is 12.7. The summed E-state index contributed by atoms with van der Waals surface area (Å²) in [5, 5.41) is 0. The highest BCUT2D eigenvalue weighted by molar-refractivity contribution is 6.40. The molecular weight excluding hydrogens is 329 g/mol. The summed E-state index contributed by atoms with van der Waals surface area (Å²) in [6.07, 6.45) is 13.9. The molecular formula is C21H21BF2N2. The molecule has 0 aliphatic carbocycles. The Labute approximate surface area is 153 Å². The van der Waals surface area contributed by atoms with Crippen molar-refractivity contribution < 1.29 is 8.63 Å². The van der Waals surface area contributed by atoms with Gasteiger partial charge in [0.2, 0.25) is 0 Å². The van der Waals surface area contributed by atoms with Crippen LogP contribution in [0, 0.1) is 0 Å². The second-order valence-electron chi connectivity index (χ2n) is 6.09. The first kappa shape index (κ1) is 18.0. The Morgan fingerprint density at radius 1 is 1.04 bits per heavy atom. The van der Waals surface area contributed by atoms with Crippen molar-refractivity contribution in [1.29, 1.82) is 0 Å². The fourth-order valence-corrected chi connectivity index (χ4v) is 2.95. The summed E-state index contributed by atoms with van der Waals surface area (Å²) in [5.74, 6) is 0. The van der Waals surface area contributed by atoms with Crippen molar-refractivity contribution in [3.8, 4) is 0 Å². The molecule has 1 aliphatic heterocycles. The van der Waals surface area contributed by atoms with Gasteiger partial charge in [0.1, 0.15) is 0 Å². The topological polar surface area (TPSA) is 19.0 Å². The first-order valence-corrected chi connectivity index (χ1v) is 8.72. The van der Waals surface area contributed by atoms with Gasteiger partial charge < -0.3 is 9.79 Å². The summed E-state index contributed by atoms with van der Waals surface area (Å²) >= 11 is 0. The molecule has 3 rings (SSSR count). The second kappa shape index (κ2) is 8.52.